The summed E-state index contributed by atoms with van der Waals surface area (Å²) in [5, 5.41) is 10.2. The van der Waals surface area contributed by atoms with E-state index in [4.69, 9.17) is 20.1 Å². The maximum absolute atomic E-state index is 5.43. The van der Waals surface area contributed by atoms with E-state index < -0.39 is 0 Å². The molecule has 0 atom stereocenters. The normalized spacial score (nSPS) is 11.5. The van der Waals surface area contributed by atoms with Gasteiger partial charge in [0.25, 0.3) is 0 Å². The zero-order valence-corrected chi connectivity index (χ0v) is 33.5. The Morgan fingerprint density at radius 2 is 0.823 bits per heavy atom. The Morgan fingerprint density at radius 3 is 1.47 bits per heavy atom. The Bertz CT molecular complexity index is 3560. The predicted molar refractivity (Wildman–Crippen MR) is 253 cm³/mol. The highest BCUT2D eigenvalue weighted by Gasteiger charge is 2.23. The molecule has 0 aliphatic carbocycles. The summed E-state index contributed by atoms with van der Waals surface area (Å²) >= 11 is 0. The Morgan fingerprint density at radius 1 is 0.339 bits per heavy atom. The van der Waals surface area contributed by atoms with E-state index in [9.17, 15) is 0 Å². The first kappa shape index (κ1) is 35.5. The summed E-state index contributed by atoms with van der Waals surface area (Å²) in [5.74, 6) is 1.81. The number of hydrogen-bond acceptors (Lipinski definition) is 4. The molecule has 0 fully saturated rings. The molecule has 0 saturated heterocycles. The van der Waals surface area contributed by atoms with E-state index in [2.05, 4.69) is 191 Å². The molecule has 8 aromatic carbocycles. The number of nitrogens with zero attached hydrogens (tertiary/aromatic N) is 6. The summed E-state index contributed by atoms with van der Waals surface area (Å²) in [5.41, 5.74) is 13.3. The van der Waals surface area contributed by atoms with Crippen molar-refractivity contribution in [3.05, 3.63) is 218 Å². The lowest BCUT2D eigenvalue weighted by Gasteiger charge is -2.12. The number of pyridine rings is 1. The van der Waals surface area contributed by atoms with Gasteiger partial charge in [0.15, 0.2) is 17.5 Å². The fourth-order valence-electron chi connectivity index (χ4n) is 8.90. The van der Waals surface area contributed by atoms with Crippen LogP contribution < -0.4 is 0 Å². The lowest BCUT2D eigenvalue weighted by molar-refractivity contribution is 0.979. The number of aromatic nitrogens is 6. The molecule has 290 valence electrons. The van der Waals surface area contributed by atoms with Gasteiger partial charge < -0.3 is 4.57 Å². The minimum absolute atomic E-state index is 0.592. The molecule has 4 heterocycles. The van der Waals surface area contributed by atoms with Crippen molar-refractivity contribution in [1.29, 1.82) is 0 Å². The third-order valence-corrected chi connectivity index (χ3v) is 11.8. The molecule has 0 aliphatic heterocycles. The monoisotopic (exact) mass is 792 g/mol. The molecule has 12 rings (SSSR count). The standard InChI is InChI=1S/C56H36N6/c1-4-17-37(18-5-1)50-36-41-23-10-11-26-45(41)53-51(52(60-62(50)53)38-19-6-2-7-20-38)42-24-16-25-43(35-42)56-58-54(39-21-8-3-9-22-39)57-55(59-56)40-31-33-44(34-32-40)61-48-29-14-12-27-46(48)47-28-13-15-30-49(47)61/h1-36H. The Labute approximate surface area is 357 Å². The van der Waals surface area contributed by atoms with Gasteiger partial charge in [-0.15, -0.1) is 0 Å². The van der Waals surface area contributed by atoms with E-state index in [-0.39, 0.29) is 0 Å². The van der Waals surface area contributed by atoms with Crippen LogP contribution in [0.5, 0.6) is 0 Å². The average molecular weight is 793 g/mol. The van der Waals surface area contributed by atoms with Crippen molar-refractivity contribution >= 4 is 38.1 Å². The van der Waals surface area contributed by atoms with Crippen LogP contribution >= 0.6 is 0 Å². The van der Waals surface area contributed by atoms with Crippen LogP contribution in [0, 0.1) is 0 Å². The molecule has 0 spiro atoms. The lowest BCUT2D eigenvalue weighted by Crippen LogP contribution is -2.01. The van der Waals surface area contributed by atoms with Gasteiger partial charge in [0.1, 0.15) is 5.69 Å². The van der Waals surface area contributed by atoms with E-state index in [1.807, 2.05) is 36.4 Å². The molecular formula is C56H36N6. The SMILES string of the molecule is c1ccc(-c2nc(-c3ccc(-n4c5ccccc5c5ccccc54)cc3)nc(-c3cccc(-c4c(-c5ccccc5)nn5c(-c6ccccc6)cc6ccccc6c45)c3)n2)cc1. The summed E-state index contributed by atoms with van der Waals surface area (Å²) in [4.78, 5) is 15.4. The highest BCUT2D eigenvalue weighted by atomic mass is 15.2. The van der Waals surface area contributed by atoms with Gasteiger partial charge in [-0.3, -0.25) is 0 Å². The highest BCUT2D eigenvalue weighted by Crippen LogP contribution is 2.42. The van der Waals surface area contributed by atoms with Crippen LogP contribution in [0.25, 0.3) is 112 Å². The predicted octanol–water partition coefficient (Wildman–Crippen LogP) is 13.8. The van der Waals surface area contributed by atoms with Crippen molar-refractivity contribution < 1.29 is 0 Å². The van der Waals surface area contributed by atoms with E-state index >= 15 is 0 Å². The smallest absolute Gasteiger partial charge is 0.164 e. The van der Waals surface area contributed by atoms with Gasteiger partial charge in [-0.2, -0.15) is 5.10 Å². The van der Waals surface area contributed by atoms with Crippen LogP contribution in [-0.2, 0) is 0 Å². The molecule has 62 heavy (non-hydrogen) atoms. The van der Waals surface area contributed by atoms with Gasteiger partial charge in [-0.25, -0.2) is 19.5 Å². The number of fused-ring (bicyclic) bond motifs is 6. The third-order valence-electron chi connectivity index (χ3n) is 11.8. The van der Waals surface area contributed by atoms with Gasteiger partial charge in [-0.05, 0) is 59.5 Å². The Kier molecular flexibility index (Phi) is 8.38. The van der Waals surface area contributed by atoms with Crippen molar-refractivity contribution in [2.45, 2.75) is 0 Å². The minimum atomic E-state index is 0.592. The van der Waals surface area contributed by atoms with Crippen molar-refractivity contribution in [2.75, 3.05) is 0 Å². The Hall–Kier alpha value is -8.48. The fraction of sp³-hybridized carbons (Fsp3) is 0. The first-order valence-electron chi connectivity index (χ1n) is 20.8. The van der Waals surface area contributed by atoms with Crippen LogP contribution in [0.1, 0.15) is 0 Å². The van der Waals surface area contributed by atoms with Crippen LogP contribution in [0.3, 0.4) is 0 Å². The van der Waals surface area contributed by atoms with Crippen LogP contribution in [0.2, 0.25) is 0 Å². The molecule has 0 amide bonds. The van der Waals surface area contributed by atoms with Crippen LogP contribution in [0.4, 0.5) is 0 Å². The molecule has 0 aliphatic rings. The van der Waals surface area contributed by atoms with Crippen molar-refractivity contribution in [3.8, 4) is 73.5 Å². The molecule has 6 heteroatoms. The zero-order valence-electron chi connectivity index (χ0n) is 33.5. The number of benzene rings is 8. The number of para-hydroxylation sites is 2. The van der Waals surface area contributed by atoms with Crippen molar-refractivity contribution in [2.24, 2.45) is 0 Å². The van der Waals surface area contributed by atoms with E-state index in [0.717, 1.165) is 72.3 Å². The zero-order chi connectivity index (χ0) is 41.0. The quantitative estimate of drug-likeness (QED) is 0.161. The van der Waals surface area contributed by atoms with Crippen LogP contribution in [0.15, 0.2) is 218 Å². The van der Waals surface area contributed by atoms with Crippen molar-refractivity contribution in [3.63, 3.8) is 0 Å². The number of rotatable bonds is 7. The fourth-order valence-corrected chi connectivity index (χ4v) is 8.90. The van der Waals surface area contributed by atoms with E-state index in [1.54, 1.807) is 0 Å². The van der Waals surface area contributed by atoms with Crippen molar-refractivity contribution in [1.82, 2.24) is 29.1 Å². The lowest BCUT2D eigenvalue weighted by atomic mass is 9.95. The maximum Gasteiger partial charge on any atom is 0.164 e. The molecule has 12 aromatic rings. The maximum atomic E-state index is 5.43. The van der Waals surface area contributed by atoms with Gasteiger partial charge in [0.2, 0.25) is 0 Å². The van der Waals surface area contributed by atoms with E-state index in [0.29, 0.717) is 17.5 Å². The third kappa shape index (κ3) is 5.96. The van der Waals surface area contributed by atoms with Gasteiger partial charge in [0.05, 0.1) is 22.2 Å². The Balaban J connectivity index is 1.04. The molecule has 0 N–H and O–H groups in total. The summed E-state index contributed by atoms with van der Waals surface area (Å²) in [7, 11) is 0. The summed E-state index contributed by atoms with van der Waals surface area (Å²) in [6.45, 7) is 0. The van der Waals surface area contributed by atoms with Gasteiger partial charge in [0, 0.05) is 55.2 Å². The molecular weight excluding hydrogens is 757 g/mol. The summed E-state index contributed by atoms with van der Waals surface area (Å²) in [6, 6.07) is 76.2. The largest absolute Gasteiger partial charge is 0.309 e. The summed E-state index contributed by atoms with van der Waals surface area (Å²) < 4.78 is 4.45. The second-order valence-electron chi connectivity index (χ2n) is 15.5. The molecule has 0 saturated carbocycles. The molecule has 6 nitrogen and oxygen atoms in total. The van der Waals surface area contributed by atoms with E-state index in [1.165, 1.54) is 21.8 Å². The highest BCUT2D eigenvalue weighted by molar-refractivity contribution is 6.10. The molecule has 0 unspecified atom stereocenters. The molecule has 4 aromatic heterocycles. The first-order chi connectivity index (χ1) is 30.7. The second kappa shape index (κ2) is 14.7. The second-order valence-corrected chi connectivity index (χ2v) is 15.5. The topological polar surface area (TPSA) is 60.9 Å². The molecule has 0 radical (unpaired) electrons. The molecule has 0 bridgehead atoms. The van der Waals surface area contributed by atoms with Gasteiger partial charge in [-0.1, -0.05) is 170 Å². The summed E-state index contributed by atoms with van der Waals surface area (Å²) in [6.07, 6.45) is 0. The number of hydrogen-bond donors (Lipinski definition) is 0. The van der Waals surface area contributed by atoms with Crippen LogP contribution in [-0.4, -0.2) is 29.1 Å². The first-order valence-corrected chi connectivity index (χ1v) is 20.8. The van der Waals surface area contributed by atoms with Gasteiger partial charge >= 0.3 is 0 Å². The average Bonchev–Trinajstić information content (AvgIpc) is 3.92. The minimum Gasteiger partial charge on any atom is -0.309 e.